The predicted molar refractivity (Wildman–Crippen MR) is 88.5 cm³/mol. The summed E-state index contributed by atoms with van der Waals surface area (Å²) >= 11 is 0. The number of carbonyl (C=O) groups excluding carboxylic acids is 1. The number of rotatable bonds is 7. The summed E-state index contributed by atoms with van der Waals surface area (Å²) in [5.41, 5.74) is 0.465. The second-order valence-electron chi connectivity index (χ2n) is 5.16. The van der Waals surface area contributed by atoms with Crippen molar-refractivity contribution in [3.05, 3.63) is 49.1 Å². The molecule has 2 rings (SSSR count). The zero-order chi connectivity index (χ0) is 16.9. The van der Waals surface area contributed by atoms with Crippen LogP contribution in [0.4, 0.5) is 5.69 Å². The first-order valence-corrected chi connectivity index (χ1v) is 9.02. The first-order chi connectivity index (χ1) is 10.9. The van der Waals surface area contributed by atoms with Crippen LogP contribution in [-0.2, 0) is 21.4 Å². The maximum Gasteiger partial charge on any atom is 0.243 e. The van der Waals surface area contributed by atoms with E-state index in [0.29, 0.717) is 18.8 Å². The molecule has 0 aliphatic heterocycles. The molecule has 0 saturated carbocycles. The molecule has 1 heterocycles. The smallest absolute Gasteiger partial charge is 0.243 e. The van der Waals surface area contributed by atoms with Crippen LogP contribution in [0, 0.1) is 0 Å². The first kappa shape index (κ1) is 17.0. The molecule has 7 nitrogen and oxygen atoms in total. The molecule has 0 aliphatic carbocycles. The Morgan fingerprint density at radius 2 is 2.04 bits per heavy atom. The first-order valence-electron chi connectivity index (χ1n) is 7.17. The zero-order valence-corrected chi connectivity index (χ0v) is 13.9. The van der Waals surface area contributed by atoms with Gasteiger partial charge in [-0.05, 0) is 19.1 Å². The third-order valence-electron chi connectivity index (χ3n) is 3.33. The molecule has 1 atom stereocenters. The van der Waals surface area contributed by atoms with Crippen LogP contribution in [0.1, 0.15) is 6.92 Å². The van der Waals surface area contributed by atoms with Crippen molar-refractivity contribution in [1.82, 2.24) is 14.9 Å². The minimum Gasteiger partial charge on any atom is -0.352 e. The number of para-hydroxylation sites is 1. The highest BCUT2D eigenvalue weighted by Crippen LogP contribution is 2.20. The van der Waals surface area contributed by atoms with Gasteiger partial charge in [0.2, 0.25) is 15.9 Å². The Hall–Kier alpha value is -2.35. The van der Waals surface area contributed by atoms with Crippen LogP contribution in [0.2, 0.25) is 0 Å². The van der Waals surface area contributed by atoms with Crippen LogP contribution in [0.5, 0.6) is 0 Å². The highest BCUT2D eigenvalue weighted by molar-refractivity contribution is 7.92. The summed E-state index contributed by atoms with van der Waals surface area (Å²) in [6, 6.07) is 7.75. The average molecular weight is 336 g/mol. The summed E-state index contributed by atoms with van der Waals surface area (Å²) in [6.07, 6.45) is 6.20. The Morgan fingerprint density at radius 3 is 2.61 bits per heavy atom. The molecule has 124 valence electrons. The number of nitrogens with zero attached hydrogens (tertiary/aromatic N) is 3. The normalized spacial score (nSPS) is 12.6. The maximum absolute atomic E-state index is 12.3. The molecule has 23 heavy (non-hydrogen) atoms. The number of benzene rings is 1. The lowest BCUT2D eigenvalue weighted by molar-refractivity contribution is -0.121. The molecule has 0 fully saturated rings. The van der Waals surface area contributed by atoms with Gasteiger partial charge in [-0.3, -0.25) is 9.10 Å². The van der Waals surface area contributed by atoms with Gasteiger partial charge in [-0.15, -0.1) is 0 Å². The van der Waals surface area contributed by atoms with Crippen molar-refractivity contribution >= 4 is 21.6 Å². The van der Waals surface area contributed by atoms with Gasteiger partial charge in [-0.2, -0.15) is 0 Å². The number of imidazole rings is 1. The van der Waals surface area contributed by atoms with Crippen LogP contribution >= 0.6 is 0 Å². The summed E-state index contributed by atoms with van der Waals surface area (Å²) in [4.78, 5) is 16.2. The van der Waals surface area contributed by atoms with Crippen molar-refractivity contribution in [2.24, 2.45) is 0 Å². The van der Waals surface area contributed by atoms with Crippen molar-refractivity contribution in [3.63, 3.8) is 0 Å². The van der Waals surface area contributed by atoms with Crippen LogP contribution in [0.15, 0.2) is 49.1 Å². The molecular formula is C15H20N4O3S. The lowest BCUT2D eigenvalue weighted by Gasteiger charge is -2.28. The topological polar surface area (TPSA) is 84.3 Å². The van der Waals surface area contributed by atoms with Crippen LogP contribution in [0.3, 0.4) is 0 Å². The van der Waals surface area contributed by atoms with Gasteiger partial charge < -0.3 is 9.88 Å². The summed E-state index contributed by atoms with van der Waals surface area (Å²) in [5.74, 6) is -0.348. The lowest BCUT2D eigenvalue weighted by Crippen LogP contribution is -2.48. The molecule has 1 aromatic carbocycles. The second kappa shape index (κ2) is 7.28. The zero-order valence-electron chi connectivity index (χ0n) is 13.1. The second-order valence-corrected chi connectivity index (χ2v) is 7.02. The van der Waals surface area contributed by atoms with Gasteiger partial charge in [-0.1, -0.05) is 18.2 Å². The van der Waals surface area contributed by atoms with E-state index >= 15 is 0 Å². The lowest BCUT2D eigenvalue weighted by atomic mass is 10.2. The number of amides is 1. The van der Waals surface area contributed by atoms with E-state index in [4.69, 9.17) is 0 Å². The third-order valence-corrected chi connectivity index (χ3v) is 4.57. The standard InChI is InChI=1S/C15H20N4O3S/c1-13(15(20)17-9-11-18-10-8-16-12-18)19(23(2,21)22)14-6-4-3-5-7-14/h3-8,10,12-13H,9,11H2,1-2H3,(H,17,20)/t13-/m0/s1. The maximum atomic E-state index is 12.3. The third kappa shape index (κ3) is 4.56. The highest BCUT2D eigenvalue weighted by atomic mass is 32.2. The molecule has 8 heteroatoms. The Bertz CT molecular complexity index is 729. The largest absolute Gasteiger partial charge is 0.352 e. The molecular weight excluding hydrogens is 316 g/mol. The number of hydrogen-bond donors (Lipinski definition) is 1. The number of sulfonamides is 1. The van der Waals surface area contributed by atoms with Crippen molar-refractivity contribution < 1.29 is 13.2 Å². The number of anilines is 1. The highest BCUT2D eigenvalue weighted by Gasteiger charge is 2.28. The SMILES string of the molecule is C[C@@H](C(=O)NCCn1ccnc1)N(c1ccccc1)S(C)(=O)=O. The molecule has 2 aromatic rings. The summed E-state index contributed by atoms with van der Waals surface area (Å²) < 4.78 is 27.1. The quantitative estimate of drug-likeness (QED) is 0.812. The van der Waals surface area contributed by atoms with Crippen molar-refractivity contribution in [1.29, 1.82) is 0 Å². The van der Waals surface area contributed by atoms with Gasteiger partial charge in [0, 0.05) is 25.5 Å². The Labute approximate surface area is 136 Å². The Kier molecular flexibility index (Phi) is 5.38. The van der Waals surface area contributed by atoms with E-state index in [9.17, 15) is 13.2 Å². The van der Waals surface area contributed by atoms with Crippen molar-refractivity contribution in [2.75, 3.05) is 17.1 Å². The average Bonchev–Trinajstić information content (AvgIpc) is 3.00. The molecule has 1 N–H and O–H groups in total. The number of aromatic nitrogens is 2. The number of carbonyl (C=O) groups is 1. The molecule has 0 unspecified atom stereocenters. The molecule has 1 amide bonds. The summed E-state index contributed by atoms with van der Waals surface area (Å²) in [6.45, 7) is 2.54. The van der Waals surface area contributed by atoms with Crippen molar-refractivity contribution in [2.45, 2.75) is 19.5 Å². The molecule has 1 aromatic heterocycles. The summed E-state index contributed by atoms with van der Waals surface area (Å²) in [7, 11) is -3.57. The van der Waals surface area contributed by atoms with Gasteiger partial charge in [0.05, 0.1) is 18.3 Å². The molecule has 0 radical (unpaired) electrons. The number of nitrogens with one attached hydrogen (secondary N) is 1. The van der Waals surface area contributed by atoms with Crippen molar-refractivity contribution in [3.8, 4) is 0 Å². The van der Waals surface area contributed by atoms with E-state index in [1.807, 2.05) is 4.57 Å². The van der Waals surface area contributed by atoms with E-state index in [1.165, 1.54) is 0 Å². The minimum atomic E-state index is -3.57. The Morgan fingerprint density at radius 1 is 1.35 bits per heavy atom. The minimum absolute atomic E-state index is 0.348. The van der Waals surface area contributed by atoms with Gasteiger partial charge >= 0.3 is 0 Å². The fourth-order valence-electron chi connectivity index (χ4n) is 2.26. The van der Waals surface area contributed by atoms with Crippen LogP contribution in [0.25, 0.3) is 0 Å². The van der Waals surface area contributed by atoms with Gasteiger partial charge in [-0.25, -0.2) is 13.4 Å². The molecule has 0 aliphatic rings. The summed E-state index contributed by atoms with van der Waals surface area (Å²) in [5, 5.41) is 2.75. The van der Waals surface area contributed by atoms with Gasteiger partial charge in [0.25, 0.3) is 0 Å². The van der Waals surface area contributed by atoms with Gasteiger partial charge in [0.15, 0.2) is 0 Å². The van der Waals surface area contributed by atoms with Crippen LogP contribution < -0.4 is 9.62 Å². The van der Waals surface area contributed by atoms with E-state index in [2.05, 4.69) is 10.3 Å². The predicted octanol–water partition coefficient (Wildman–Crippen LogP) is 0.854. The fourth-order valence-corrected chi connectivity index (χ4v) is 3.43. The van der Waals surface area contributed by atoms with E-state index < -0.39 is 16.1 Å². The molecule has 0 bridgehead atoms. The Balaban J connectivity index is 2.05. The monoisotopic (exact) mass is 336 g/mol. The molecule has 0 spiro atoms. The van der Waals surface area contributed by atoms with E-state index in [0.717, 1.165) is 10.6 Å². The molecule has 0 saturated heterocycles. The van der Waals surface area contributed by atoms with E-state index in [1.54, 1.807) is 56.0 Å². The number of hydrogen-bond acceptors (Lipinski definition) is 4. The van der Waals surface area contributed by atoms with E-state index in [-0.39, 0.29) is 5.91 Å². The fraction of sp³-hybridized carbons (Fsp3) is 0.333. The van der Waals surface area contributed by atoms with Crippen LogP contribution in [-0.4, -0.2) is 42.7 Å². The van der Waals surface area contributed by atoms with Gasteiger partial charge in [0.1, 0.15) is 6.04 Å².